The van der Waals surface area contributed by atoms with Crippen molar-refractivity contribution in [2.24, 2.45) is 0 Å². The molecule has 0 heterocycles. The van der Waals surface area contributed by atoms with Gasteiger partial charge in [0, 0.05) is 13.1 Å². The number of rotatable bonds is 7. The molecule has 0 aliphatic heterocycles. The highest BCUT2D eigenvalue weighted by Crippen LogP contribution is 2.18. The van der Waals surface area contributed by atoms with Gasteiger partial charge >= 0.3 is 5.97 Å². The molecule has 0 saturated heterocycles. The third-order valence-corrected chi connectivity index (χ3v) is 3.67. The molecule has 1 N–H and O–H groups in total. The molecule has 2 rings (SSSR count). The van der Waals surface area contributed by atoms with E-state index in [1.54, 1.807) is 12.1 Å². The standard InChI is InChI=1S/C17H22N2O4/c1-3-12-4-6-13(7-5-12)17(22)23-11-16(21)19(2)10-15(20)18-14-8-9-14/h4-7,14H,3,8-11H2,1-2H3,(H,18,20). The molecular weight excluding hydrogens is 296 g/mol. The maximum absolute atomic E-state index is 11.9. The normalized spacial score (nSPS) is 13.3. The van der Waals surface area contributed by atoms with E-state index in [1.807, 2.05) is 19.1 Å². The van der Waals surface area contributed by atoms with Crippen molar-refractivity contribution < 1.29 is 19.1 Å². The molecule has 1 aromatic carbocycles. The molecule has 2 amide bonds. The Kier molecular flexibility index (Phi) is 5.73. The van der Waals surface area contributed by atoms with Gasteiger partial charge in [-0.15, -0.1) is 0 Å². The Bertz CT molecular complexity index is 579. The van der Waals surface area contributed by atoms with Crippen molar-refractivity contribution in [1.29, 1.82) is 0 Å². The van der Waals surface area contributed by atoms with Crippen molar-refractivity contribution >= 4 is 17.8 Å². The van der Waals surface area contributed by atoms with Gasteiger partial charge in [-0.05, 0) is 37.0 Å². The Morgan fingerprint density at radius 3 is 2.43 bits per heavy atom. The lowest BCUT2D eigenvalue weighted by Gasteiger charge is -2.16. The van der Waals surface area contributed by atoms with Crippen LogP contribution in [0.15, 0.2) is 24.3 Å². The van der Waals surface area contributed by atoms with Crippen molar-refractivity contribution in [3.05, 3.63) is 35.4 Å². The lowest BCUT2D eigenvalue weighted by atomic mass is 10.1. The van der Waals surface area contributed by atoms with Crippen LogP contribution in [0.5, 0.6) is 0 Å². The Balaban J connectivity index is 1.75. The van der Waals surface area contributed by atoms with Crippen LogP contribution in [0.4, 0.5) is 0 Å². The second-order valence-electron chi connectivity index (χ2n) is 5.72. The van der Waals surface area contributed by atoms with E-state index >= 15 is 0 Å². The van der Waals surface area contributed by atoms with Crippen LogP contribution < -0.4 is 5.32 Å². The summed E-state index contributed by atoms with van der Waals surface area (Å²) in [7, 11) is 1.51. The average molecular weight is 318 g/mol. The van der Waals surface area contributed by atoms with Gasteiger partial charge in [-0.2, -0.15) is 0 Å². The fourth-order valence-electron chi connectivity index (χ4n) is 2.00. The summed E-state index contributed by atoms with van der Waals surface area (Å²) < 4.78 is 5.00. The van der Waals surface area contributed by atoms with Gasteiger partial charge < -0.3 is 15.0 Å². The van der Waals surface area contributed by atoms with Gasteiger partial charge in [0.05, 0.1) is 12.1 Å². The Morgan fingerprint density at radius 2 is 1.87 bits per heavy atom. The molecule has 0 atom stereocenters. The first-order valence-electron chi connectivity index (χ1n) is 7.79. The first-order chi connectivity index (χ1) is 11.0. The number of hydrogen-bond donors (Lipinski definition) is 1. The number of carbonyl (C=O) groups is 3. The number of nitrogens with zero attached hydrogens (tertiary/aromatic N) is 1. The molecule has 1 fully saturated rings. The summed E-state index contributed by atoms with van der Waals surface area (Å²) in [6.45, 7) is 1.63. The molecule has 1 aliphatic rings. The monoisotopic (exact) mass is 318 g/mol. The van der Waals surface area contributed by atoms with Crippen molar-refractivity contribution in [3.63, 3.8) is 0 Å². The van der Waals surface area contributed by atoms with E-state index in [1.165, 1.54) is 11.9 Å². The Labute approximate surface area is 135 Å². The zero-order chi connectivity index (χ0) is 16.8. The molecule has 0 aromatic heterocycles. The molecule has 124 valence electrons. The maximum atomic E-state index is 11.9. The molecule has 1 aliphatic carbocycles. The van der Waals surface area contributed by atoms with Crippen LogP contribution in [-0.2, 0) is 20.7 Å². The highest BCUT2D eigenvalue weighted by molar-refractivity contribution is 5.92. The zero-order valence-corrected chi connectivity index (χ0v) is 13.5. The van der Waals surface area contributed by atoms with E-state index in [4.69, 9.17) is 4.74 Å². The number of hydrogen-bond acceptors (Lipinski definition) is 4. The number of benzene rings is 1. The van der Waals surface area contributed by atoms with Crippen LogP contribution in [-0.4, -0.2) is 48.9 Å². The van der Waals surface area contributed by atoms with E-state index in [2.05, 4.69) is 5.32 Å². The summed E-state index contributed by atoms with van der Waals surface area (Å²) in [6.07, 6.45) is 2.89. The average Bonchev–Trinajstić information content (AvgIpc) is 3.35. The number of esters is 1. The fourth-order valence-corrected chi connectivity index (χ4v) is 2.00. The number of carbonyl (C=O) groups excluding carboxylic acids is 3. The van der Waals surface area contributed by atoms with E-state index in [0.29, 0.717) is 5.56 Å². The smallest absolute Gasteiger partial charge is 0.338 e. The maximum Gasteiger partial charge on any atom is 0.338 e. The van der Waals surface area contributed by atoms with Crippen LogP contribution in [0.3, 0.4) is 0 Å². The Morgan fingerprint density at radius 1 is 1.22 bits per heavy atom. The summed E-state index contributed by atoms with van der Waals surface area (Å²) in [4.78, 5) is 36.6. The Hall–Kier alpha value is -2.37. The molecule has 6 nitrogen and oxygen atoms in total. The van der Waals surface area contributed by atoms with Gasteiger partial charge in [-0.1, -0.05) is 19.1 Å². The summed E-state index contributed by atoms with van der Waals surface area (Å²) >= 11 is 0. The molecule has 6 heteroatoms. The summed E-state index contributed by atoms with van der Waals surface area (Å²) in [5, 5.41) is 2.80. The molecule has 0 bridgehead atoms. The van der Waals surface area contributed by atoms with Gasteiger partial charge in [0.2, 0.25) is 5.91 Å². The van der Waals surface area contributed by atoms with E-state index < -0.39 is 11.9 Å². The molecule has 23 heavy (non-hydrogen) atoms. The van der Waals surface area contributed by atoms with E-state index in [0.717, 1.165) is 24.8 Å². The molecule has 1 saturated carbocycles. The molecule has 1 aromatic rings. The predicted molar refractivity (Wildman–Crippen MR) is 84.9 cm³/mol. The number of ether oxygens (including phenoxy) is 1. The quantitative estimate of drug-likeness (QED) is 0.765. The second-order valence-corrected chi connectivity index (χ2v) is 5.72. The van der Waals surface area contributed by atoms with Gasteiger partial charge in [-0.25, -0.2) is 4.79 Å². The third-order valence-electron chi connectivity index (χ3n) is 3.67. The van der Waals surface area contributed by atoms with Crippen LogP contribution in [0.1, 0.15) is 35.7 Å². The molecule has 0 unspecified atom stereocenters. The largest absolute Gasteiger partial charge is 0.452 e. The third kappa shape index (κ3) is 5.39. The lowest BCUT2D eigenvalue weighted by molar-refractivity contribution is -0.137. The minimum absolute atomic E-state index is 0.0297. The highest BCUT2D eigenvalue weighted by Gasteiger charge is 2.24. The molecular formula is C17H22N2O4. The first-order valence-corrected chi connectivity index (χ1v) is 7.79. The lowest BCUT2D eigenvalue weighted by Crippen LogP contribution is -2.40. The number of aryl methyl sites for hydroxylation is 1. The SMILES string of the molecule is CCc1ccc(C(=O)OCC(=O)N(C)CC(=O)NC2CC2)cc1. The number of amides is 2. The van der Waals surface area contributed by atoms with Crippen molar-refractivity contribution in [2.75, 3.05) is 20.2 Å². The topological polar surface area (TPSA) is 75.7 Å². The predicted octanol–water partition coefficient (Wildman–Crippen LogP) is 1.14. The van der Waals surface area contributed by atoms with Gasteiger partial charge in [0.1, 0.15) is 0 Å². The first kappa shape index (κ1) is 17.0. The molecule has 0 radical (unpaired) electrons. The summed E-state index contributed by atoms with van der Waals surface area (Å²) in [5.74, 6) is -1.14. The van der Waals surface area contributed by atoms with E-state index in [-0.39, 0.29) is 25.1 Å². The summed E-state index contributed by atoms with van der Waals surface area (Å²) in [6, 6.07) is 7.33. The van der Waals surface area contributed by atoms with Crippen molar-refractivity contribution in [2.45, 2.75) is 32.2 Å². The van der Waals surface area contributed by atoms with Crippen LogP contribution in [0.25, 0.3) is 0 Å². The number of nitrogens with one attached hydrogen (secondary N) is 1. The van der Waals surface area contributed by atoms with E-state index in [9.17, 15) is 14.4 Å². The van der Waals surface area contributed by atoms with Crippen molar-refractivity contribution in [3.8, 4) is 0 Å². The zero-order valence-electron chi connectivity index (χ0n) is 13.5. The van der Waals surface area contributed by atoms with Crippen LogP contribution >= 0.6 is 0 Å². The van der Waals surface area contributed by atoms with Gasteiger partial charge in [-0.3, -0.25) is 9.59 Å². The van der Waals surface area contributed by atoms with Gasteiger partial charge in [0.25, 0.3) is 5.91 Å². The number of likely N-dealkylation sites (N-methyl/N-ethyl adjacent to an activating group) is 1. The minimum atomic E-state index is -0.545. The summed E-state index contributed by atoms with van der Waals surface area (Å²) in [5.41, 5.74) is 1.53. The second kappa shape index (κ2) is 7.76. The van der Waals surface area contributed by atoms with Crippen LogP contribution in [0.2, 0.25) is 0 Å². The van der Waals surface area contributed by atoms with Gasteiger partial charge in [0.15, 0.2) is 6.61 Å². The van der Waals surface area contributed by atoms with Crippen LogP contribution in [0, 0.1) is 0 Å². The molecule has 0 spiro atoms. The minimum Gasteiger partial charge on any atom is -0.452 e. The van der Waals surface area contributed by atoms with Crippen molar-refractivity contribution in [1.82, 2.24) is 10.2 Å². The fraction of sp³-hybridized carbons (Fsp3) is 0.471. The highest BCUT2D eigenvalue weighted by atomic mass is 16.5.